The Kier molecular flexibility index (Phi) is 24.9. The van der Waals surface area contributed by atoms with E-state index >= 15 is 0 Å². The monoisotopic (exact) mass is 400 g/mol. The largest absolute Gasteiger partial charge is 0.481 e. The third-order valence-corrected chi connectivity index (χ3v) is 4.66. The van der Waals surface area contributed by atoms with E-state index in [1.165, 1.54) is 83.5 Å². The van der Waals surface area contributed by atoms with Gasteiger partial charge in [-0.25, -0.2) is 5.01 Å². The summed E-state index contributed by atoms with van der Waals surface area (Å²) in [5, 5.41) is 10.1. The Balaban J connectivity index is 0. The maximum Gasteiger partial charge on any atom is 0.303 e. The first-order valence-electron chi connectivity index (χ1n) is 11.6. The molecule has 0 saturated heterocycles. The van der Waals surface area contributed by atoms with Crippen LogP contribution in [0.3, 0.4) is 0 Å². The Hall–Kier alpha value is -1.10. The molecule has 0 rings (SSSR count). The van der Waals surface area contributed by atoms with Crippen LogP contribution in [0, 0.1) is 0 Å². The zero-order chi connectivity index (χ0) is 21.5. The summed E-state index contributed by atoms with van der Waals surface area (Å²) in [6.45, 7) is 4.09. The van der Waals surface area contributed by atoms with Crippen LogP contribution in [0.1, 0.15) is 123 Å². The second-order valence-electron chi connectivity index (χ2n) is 7.88. The number of rotatable bonds is 18. The molecule has 28 heavy (non-hydrogen) atoms. The van der Waals surface area contributed by atoms with Gasteiger partial charge in [0.05, 0.1) is 0 Å². The molecule has 0 aliphatic carbocycles. The Morgan fingerprint density at radius 2 is 1.04 bits per heavy atom. The third-order valence-electron chi connectivity index (χ3n) is 4.66. The summed E-state index contributed by atoms with van der Waals surface area (Å²) in [4.78, 5) is 20.8. The fourth-order valence-corrected chi connectivity index (χ4v) is 2.98. The molecule has 0 radical (unpaired) electrons. The summed E-state index contributed by atoms with van der Waals surface area (Å²) in [5.74, 6) is -0.602. The van der Waals surface area contributed by atoms with E-state index < -0.39 is 5.97 Å². The lowest BCUT2D eigenvalue weighted by atomic mass is 10.0. The van der Waals surface area contributed by atoms with E-state index in [0.29, 0.717) is 12.8 Å². The summed E-state index contributed by atoms with van der Waals surface area (Å²) >= 11 is 0. The van der Waals surface area contributed by atoms with Gasteiger partial charge in [-0.3, -0.25) is 15.0 Å². The van der Waals surface area contributed by atoms with Crippen LogP contribution in [-0.4, -0.2) is 36.1 Å². The van der Waals surface area contributed by atoms with Gasteiger partial charge in [0.2, 0.25) is 5.91 Å². The maximum absolute atomic E-state index is 10.5. The topological polar surface area (TPSA) is 69.6 Å². The number of hydrogen-bond donors (Lipinski definition) is 2. The van der Waals surface area contributed by atoms with Crippen LogP contribution in [0.2, 0.25) is 0 Å². The predicted octanol–water partition coefficient (Wildman–Crippen LogP) is 6.32. The van der Waals surface area contributed by atoms with Crippen LogP contribution >= 0.6 is 0 Å². The standard InChI is InChI=1S/C18H36O2.C5H12N2O/c1-2-3-4-5-6-7-8-9-10-11-12-13-14-15-16-17-18(19)20;1-4-5(8)6-7(2)3/h2-17H2,1H3,(H,19,20);4H2,1-3H3,(H,6,8). The van der Waals surface area contributed by atoms with E-state index in [0.717, 1.165) is 12.8 Å². The summed E-state index contributed by atoms with van der Waals surface area (Å²) in [6.07, 6.45) is 20.7. The molecule has 0 bridgehead atoms. The quantitative estimate of drug-likeness (QED) is 0.208. The number of carbonyl (C=O) groups excluding carboxylic acids is 1. The van der Waals surface area contributed by atoms with Crippen molar-refractivity contribution in [1.82, 2.24) is 10.4 Å². The highest BCUT2D eigenvalue weighted by Crippen LogP contribution is 2.13. The molecule has 0 saturated carbocycles. The fourth-order valence-electron chi connectivity index (χ4n) is 2.98. The minimum absolute atomic E-state index is 0.0509. The van der Waals surface area contributed by atoms with Crippen LogP contribution in [0.25, 0.3) is 0 Å². The van der Waals surface area contributed by atoms with Crippen LogP contribution in [0.4, 0.5) is 0 Å². The van der Waals surface area contributed by atoms with Crippen LogP contribution in [-0.2, 0) is 9.59 Å². The summed E-state index contributed by atoms with van der Waals surface area (Å²) in [5.41, 5.74) is 2.59. The molecule has 2 N–H and O–H groups in total. The second kappa shape index (κ2) is 23.9. The van der Waals surface area contributed by atoms with Gasteiger partial charge < -0.3 is 5.11 Å². The van der Waals surface area contributed by atoms with Gasteiger partial charge >= 0.3 is 5.97 Å². The molecular formula is C23H48N2O3. The zero-order valence-electron chi connectivity index (χ0n) is 19.2. The Bertz CT molecular complexity index is 347. The molecule has 0 aromatic carbocycles. The van der Waals surface area contributed by atoms with Crippen molar-refractivity contribution in [1.29, 1.82) is 0 Å². The van der Waals surface area contributed by atoms with Gasteiger partial charge in [-0.1, -0.05) is 104 Å². The van der Waals surface area contributed by atoms with Crippen molar-refractivity contribution in [2.24, 2.45) is 0 Å². The zero-order valence-corrected chi connectivity index (χ0v) is 19.2. The van der Waals surface area contributed by atoms with E-state index in [-0.39, 0.29) is 5.91 Å². The smallest absolute Gasteiger partial charge is 0.303 e. The molecule has 0 aromatic rings. The van der Waals surface area contributed by atoms with Gasteiger partial charge in [0.1, 0.15) is 0 Å². The summed E-state index contributed by atoms with van der Waals surface area (Å²) in [6, 6.07) is 0. The summed E-state index contributed by atoms with van der Waals surface area (Å²) < 4.78 is 0. The molecule has 0 aliphatic heterocycles. The number of hydrogen-bond acceptors (Lipinski definition) is 3. The number of aliphatic carboxylic acids is 1. The van der Waals surface area contributed by atoms with Crippen LogP contribution in [0.15, 0.2) is 0 Å². The Morgan fingerprint density at radius 3 is 1.29 bits per heavy atom. The van der Waals surface area contributed by atoms with Gasteiger partial charge in [0.25, 0.3) is 0 Å². The molecule has 0 aromatic heterocycles. The number of nitrogens with one attached hydrogen (secondary N) is 1. The number of carbonyl (C=O) groups is 2. The first-order valence-corrected chi connectivity index (χ1v) is 11.6. The average Bonchev–Trinajstić information content (AvgIpc) is 2.64. The molecule has 1 amide bonds. The predicted molar refractivity (Wildman–Crippen MR) is 119 cm³/mol. The molecule has 0 heterocycles. The number of unbranched alkanes of at least 4 members (excludes halogenated alkanes) is 14. The third kappa shape index (κ3) is 29.7. The first kappa shape index (κ1) is 29.1. The van der Waals surface area contributed by atoms with Crippen LogP contribution < -0.4 is 5.43 Å². The van der Waals surface area contributed by atoms with E-state index in [1.807, 2.05) is 6.92 Å². The number of nitrogens with zero attached hydrogens (tertiary/aromatic N) is 1. The molecule has 0 aliphatic rings. The highest BCUT2D eigenvalue weighted by atomic mass is 16.4. The van der Waals surface area contributed by atoms with Gasteiger partial charge in [0, 0.05) is 26.9 Å². The lowest BCUT2D eigenvalue weighted by Gasteiger charge is -2.09. The van der Waals surface area contributed by atoms with E-state index in [2.05, 4.69) is 12.3 Å². The maximum atomic E-state index is 10.5. The van der Waals surface area contributed by atoms with E-state index in [1.54, 1.807) is 19.1 Å². The van der Waals surface area contributed by atoms with Crippen LogP contribution in [0.5, 0.6) is 0 Å². The van der Waals surface area contributed by atoms with Crippen molar-refractivity contribution in [2.45, 2.75) is 123 Å². The second-order valence-corrected chi connectivity index (χ2v) is 7.88. The van der Waals surface area contributed by atoms with Gasteiger partial charge in [-0.05, 0) is 6.42 Å². The molecular weight excluding hydrogens is 352 g/mol. The lowest BCUT2D eigenvalue weighted by Crippen LogP contribution is -2.35. The van der Waals surface area contributed by atoms with Crippen molar-refractivity contribution in [3.05, 3.63) is 0 Å². The normalized spacial score (nSPS) is 10.5. The highest BCUT2D eigenvalue weighted by Gasteiger charge is 1.97. The van der Waals surface area contributed by atoms with Crippen molar-refractivity contribution in [2.75, 3.05) is 14.1 Å². The molecule has 0 unspecified atom stereocenters. The SMILES string of the molecule is CCC(=O)NN(C)C.CCCCCCCCCCCCCCCCCC(=O)O. The van der Waals surface area contributed by atoms with Crippen molar-refractivity contribution < 1.29 is 14.7 Å². The number of carboxylic acids is 1. The lowest BCUT2D eigenvalue weighted by molar-refractivity contribution is -0.137. The average molecular weight is 401 g/mol. The first-order chi connectivity index (χ1) is 13.4. The highest BCUT2D eigenvalue weighted by molar-refractivity contribution is 5.74. The van der Waals surface area contributed by atoms with E-state index in [9.17, 15) is 9.59 Å². The van der Waals surface area contributed by atoms with Crippen molar-refractivity contribution >= 4 is 11.9 Å². The molecule has 5 heteroatoms. The number of amides is 1. The fraction of sp³-hybridized carbons (Fsp3) is 0.913. The minimum atomic E-state index is -0.653. The molecule has 0 fully saturated rings. The minimum Gasteiger partial charge on any atom is -0.481 e. The van der Waals surface area contributed by atoms with Crippen molar-refractivity contribution in [3.8, 4) is 0 Å². The molecule has 0 atom stereocenters. The van der Waals surface area contributed by atoms with Crippen molar-refractivity contribution in [3.63, 3.8) is 0 Å². The number of carboxylic acid groups (broad SMARTS) is 1. The molecule has 0 spiro atoms. The molecule has 5 nitrogen and oxygen atoms in total. The Labute approximate surface area is 174 Å². The summed E-state index contributed by atoms with van der Waals surface area (Å²) in [7, 11) is 3.57. The van der Waals surface area contributed by atoms with Gasteiger partial charge in [-0.2, -0.15) is 0 Å². The Morgan fingerprint density at radius 1 is 0.679 bits per heavy atom. The molecule has 168 valence electrons. The number of hydrazine groups is 1. The van der Waals surface area contributed by atoms with E-state index in [4.69, 9.17) is 5.11 Å². The van der Waals surface area contributed by atoms with Gasteiger partial charge in [-0.15, -0.1) is 0 Å². The van der Waals surface area contributed by atoms with Gasteiger partial charge in [0.15, 0.2) is 0 Å².